The minimum atomic E-state index is -1.15. The average molecular weight is 544 g/mol. The van der Waals surface area contributed by atoms with Crippen molar-refractivity contribution in [3.8, 4) is 5.75 Å². The van der Waals surface area contributed by atoms with Gasteiger partial charge in [0, 0.05) is 12.2 Å². The van der Waals surface area contributed by atoms with Gasteiger partial charge in [-0.1, -0.05) is 24.6 Å². The van der Waals surface area contributed by atoms with Crippen LogP contribution in [0.15, 0.2) is 41.6 Å². The first-order valence-electron chi connectivity index (χ1n) is 12.7. The largest absolute Gasteiger partial charge is 0.496 e. The van der Waals surface area contributed by atoms with Gasteiger partial charge in [-0.15, -0.1) is 0 Å². The lowest BCUT2D eigenvalue weighted by atomic mass is 9.97. The van der Waals surface area contributed by atoms with E-state index in [1.807, 2.05) is 6.92 Å². The molecule has 5 N–H and O–H groups in total. The molecule has 12 heteroatoms. The lowest BCUT2D eigenvalue weighted by molar-refractivity contribution is -0.131. The predicted molar refractivity (Wildman–Crippen MR) is 143 cm³/mol. The van der Waals surface area contributed by atoms with Gasteiger partial charge in [0.05, 0.1) is 31.2 Å². The highest BCUT2D eigenvalue weighted by Gasteiger charge is 2.35. The van der Waals surface area contributed by atoms with Crippen LogP contribution in [0.4, 0.5) is 14.9 Å². The van der Waals surface area contributed by atoms with E-state index >= 15 is 0 Å². The summed E-state index contributed by atoms with van der Waals surface area (Å²) in [5.41, 5.74) is 7.06. The van der Waals surface area contributed by atoms with Crippen LogP contribution in [0.25, 0.3) is 0 Å². The highest BCUT2D eigenvalue weighted by Crippen LogP contribution is 2.26. The van der Waals surface area contributed by atoms with Crippen molar-refractivity contribution in [2.45, 2.75) is 39.2 Å². The molecule has 0 unspecified atom stereocenters. The molecule has 0 aliphatic carbocycles. The first-order valence-corrected chi connectivity index (χ1v) is 12.7. The third kappa shape index (κ3) is 7.37. The lowest BCUT2D eigenvalue weighted by Gasteiger charge is -2.26. The highest BCUT2D eigenvalue weighted by atomic mass is 19.1. The number of imide groups is 1. The number of nitrogens with zero attached hydrogens (tertiary/aromatic N) is 2. The molecule has 0 saturated carbocycles. The number of carboxylic acids is 1. The Morgan fingerprint density at radius 1 is 1.28 bits per heavy atom. The third-order valence-corrected chi connectivity index (χ3v) is 6.32. The van der Waals surface area contributed by atoms with Crippen molar-refractivity contribution in [1.29, 1.82) is 0 Å². The van der Waals surface area contributed by atoms with Gasteiger partial charge >= 0.3 is 12.0 Å². The van der Waals surface area contributed by atoms with E-state index < -0.39 is 35.7 Å². The second-order valence-corrected chi connectivity index (χ2v) is 9.06. The topological polar surface area (TPSA) is 156 Å². The first kappa shape index (κ1) is 29.2. The Kier molecular flexibility index (Phi) is 10.1. The number of halogens is 1. The van der Waals surface area contributed by atoms with Crippen LogP contribution >= 0.6 is 0 Å². The van der Waals surface area contributed by atoms with E-state index in [0.29, 0.717) is 36.3 Å². The normalized spacial score (nSPS) is 17.2. The van der Waals surface area contributed by atoms with E-state index in [9.17, 15) is 23.9 Å². The molecule has 0 spiro atoms. The number of amides is 3. The molecule has 3 rings (SSSR count). The average Bonchev–Trinajstić information content (AvgIpc) is 3.05. The Morgan fingerprint density at radius 2 is 2.05 bits per heavy atom. The molecule has 1 heterocycles. The van der Waals surface area contributed by atoms with Crippen LogP contribution in [0.3, 0.4) is 0 Å². The van der Waals surface area contributed by atoms with Crippen molar-refractivity contribution in [2.75, 3.05) is 32.5 Å². The number of ether oxygens (including phenoxy) is 1. The summed E-state index contributed by atoms with van der Waals surface area (Å²) in [6, 6.07) is 7.35. The van der Waals surface area contributed by atoms with Gasteiger partial charge in [-0.3, -0.25) is 9.69 Å². The number of hydrogen-bond acceptors (Lipinski definition) is 7. The molecule has 1 aliphatic heterocycles. The molecule has 11 nitrogen and oxygen atoms in total. The van der Waals surface area contributed by atoms with E-state index in [1.54, 1.807) is 13.0 Å². The summed E-state index contributed by atoms with van der Waals surface area (Å²) >= 11 is 0. The van der Waals surface area contributed by atoms with Crippen LogP contribution in [0.5, 0.6) is 5.75 Å². The fraction of sp³-hybridized carbons (Fsp3) is 0.407. The zero-order valence-corrected chi connectivity index (χ0v) is 22.2. The number of aromatic carboxylic acids is 1. The van der Waals surface area contributed by atoms with Crippen molar-refractivity contribution >= 4 is 29.4 Å². The molecule has 0 aromatic heterocycles. The van der Waals surface area contributed by atoms with Crippen molar-refractivity contribution in [3.63, 3.8) is 0 Å². The van der Waals surface area contributed by atoms with Crippen molar-refractivity contribution in [2.24, 2.45) is 11.1 Å². The molecule has 1 fully saturated rings. The number of amidine groups is 1. The van der Waals surface area contributed by atoms with Crippen LogP contribution < -0.4 is 21.1 Å². The smallest absolute Gasteiger partial charge is 0.337 e. The molecule has 210 valence electrons. The Morgan fingerprint density at radius 3 is 2.69 bits per heavy atom. The molecule has 0 radical (unpaired) electrons. The Balaban J connectivity index is 1.90. The Hall–Kier alpha value is -4.35. The van der Waals surface area contributed by atoms with E-state index in [4.69, 9.17) is 15.3 Å². The first-order chi connectivity index (χ1) is 18.7. The van der Waals surface area contributed by atoms with Crippen molar-refractivity contribution < 1.29 is 33.5 Å². The number of rotatable bonds is 10. The second-order valence-electron chi connectivity index (χ2n) is 9.06. The van der Waals surface area contributed by atoms with Gasteiger partial charge < -0.3 is 31.0 Å². The number of nitrogens with two attached hydrogens (primary N) is 1. The van der Waals surface area contributed by atoms with Crippen LogP contribution in [0.2, 0.25) is 0 Å². The number of methoxy groups -OCH3 is 1. The number of hydrogen-bond donors (Lipinski definition) is 4. The predicted octanol–water partition coefficient (Wildman–Crippen LogP) is 3.31. The van der Waals surface area contributed by atoms with Crippen LogP contribution in [-0.4, -0.2) is 60.6 Å². The zero-order valence-electron chi connectivity index (χ0n) is 22.2. The minimum absolute atomic E-state index is 0.0403. The van der Waals surface area contributed by atoms with Crippen LogP contribution in [0.1, 0.15) is 54.2 Å². The standard InChI is InChI=1S/C27H34FN5O6/c1-4-6-22(16-7-9-20(26(35)36)21(29)13-16)31-27(37)33-15-24(32-39-5-2)30-14-18(25(33)34)11-17-12-19(28)8-10-23(17)38-3/h7-10,12-13,18,22H,4-6,11,14-15,29H2,1-3H3,(H,30,32)(H,31,37)(H,35,36)/t18-,22-/m1/s1. The molecular formula is C27H34FN5O6. The summed E-state index contributed by atoms with van der Waals surface area (Å²) < 4.78 is 19.3. The van der Waals surface area contributed by atoms with Crippen molar-refractivity contribution in [3.05, 3.63) is 58.9 Å². The molecule has 1 saturated heterocycles. The summed E-state index contributed by atoms with van der Waals surface area (Å²) in [5.74, 6) is -2.13. The second kappa shape index (κ2) is 13.4. The Labute approximate surface area is 226 Å². The number of carbonyl (C=O) groups is 3. The number of anilines is 1. The molecule has 3 amide bonds. The fourth-order valence-corrected chi connectivity index (χ4v) is 4.37. The highest BCUT2D eigenvalue weighted by molar-refractivity contribution is 6.02. The molecule has 2 atom stereocenters. The zero-order chi connectivity index (χ0) is 28.5. The van der Waals surface area contributed by atoms with Gasteiger partial charge in [-0.2, -0.15) is 0 Å². The molecule has 0 bridgehead atoms. The third-order valence-electron chi connectivity index (χ3n) is 6.32. The summed E-state index contributed by atoms with van der Waals surface area (Å²) in [5, 5.41) is 19.2. The number of carbonyl (C=O) groups excluding carboxylic acids is 2. The number of urea groups is 1. The number of oxime groups is 1. The molecular weight excluding hydrogens is 509 g/mol. The quantitative estimate of drug-likeness (QED) is 0.263. The van der Waals surface area contributed by atoms with E-state index in [0.717, 1.165) is 4.90 Å². The van der Waals surface area contributed by atoms with Crippen molar-refractivity contribution in [1.82, 2.24) is 15.5 Å². The van der Waals surface area contributed by atoms with Gasteiger partial charge in [-0.25, -0.2) is 14.0 Å². The van der Waals surface area contributed by atoms with Gasteiger partial charge in [-0.05, 0) is 61.2 Å². The lowest BCUT2D eigenvalue weighted by Crippen LogP contribution is -2.48. The number of nitrogen functional groups attached to an aromatic ring is 1. The number of nitrogens with one attached hydrogen (secondary N) is 2. The summed E-state index contributed by atoms with van der Waals surface area (Å²) in [6.45, 7) is 3.96. The number of carboxylic acid groups (broad SMARTS) is 1. The van der Waals surface area contributed by atoms with Gasteiger partial charge in [0.1, 0.15) is 18.2 Å². The molecule has 2 aromatic carbocycles. The SMILES string of the molecule is CCC[C@@H](NC(=O)N1C/C(=N/OCC)NC[C@@H](Cc2cc(F)ccc2OC)C1=O)c1ccc(C(=O)O)c(N)c1. The summed E-state index contributed by atoms with van der Waals surface area (Å²) in [4.78, 5) is 44.7. The van der Waals surface area contributed by atoms with Gasteiger partial charge in [0.25, 0.3) is 0 Å². The molecule has 2 aromatic rings. The van der Waals surface area contributed by atoms with E-state index in [2.05, 4.69) is 15.8 Å². The fourth-order valence-electron chi connectivity index (χ4n) is 4.37. The van der Waals surface area contributed by atoms with E-state index in [1.165, 1.54) is 37.4 Å². The Bertz CT molecular complexity index is 1240. The number of benzene rings is 2. The maximum Gasteiger partial charge on any atom is 0.337 e. The van der Waals surface area contributed by atoms with Gasteiger partial charge in [0.2, 0.25) is 5.91 Å². The monoisotopic (exact) mass is 543 g/mol. The maximum absolute atomic E-state index is 14.0. The molecule has 1 aliphatic rings. The van der Waals surface area contributed by atoms with Gasteiger partial charge in [0.15, 0.2) is 5.84 Å². The van der Waals surface area contributed by atoms with Crippen LogP contribution in [-0.2, 0) is 16.1 Å². The van der Waals surface area contributed by atoms with Crippen LogP contribution in [0, 0.1) is 11.7 Å². The maximum atomic E-state index is 14.0. The summed E-state index contributed by atoms with van der Waals surface area (Å²) in [7, 11) is 1.46. The summed E-state index contributed by atoms with van der Waals surface area (Å²) in [6.07, 6.45) is 1.33. The van der Waals surface area contributed by atoms with E-state index in [-0.39, 0.29) is 36.6 Å². The minimum Gasteiger partial charge on any atom is -0.496 e. The molecule has 39 heavy (non-hydrogen) atoms.